The number of carbonyl (C=O) groups is 3. The van der Waals surface area contributed by atoms with Crippen molar-refractivity contribution in [2.75, 3.05) is 7.11 Å². The highest BCUT2D eigenvalue weighted by molar-refractivity contribution is 6.21. The van der Waals surface area contributed by atoms with Gasteiger partial charge in [-0.05, 0) is 109 Å². The smallest absolute Gasteiger partial charge is 0.330 e. The molecule has 0 atom stereocenters. The monoisotopic (exact) mass is 547 g/mol. The third-order valence-electron chi connectivity index (χ3n) is 9.86. The van der Waals surface area contributed by atoms with Crippen LogP contribution in [0, 0.1) is 17.8 Å². The average molecular weight is 548 g/mol. The number of amides is 2. The molecule has 0 saturated heterocycles. The molecule has 0 spiro atoms. The number of benzene rings is 3. The van der Waals surface area contributed by atoms with Crippen LogP contribution in [-0.4, -0.2) is 34.9 Å². The van der Waals surface area contributed by atoms with Crippen LogP contribution >= 0.6 is 0 Å². The van der Waals surface area contributed by atoms with Crippen LogP contribution in [0.4, 0.5) is 0 Å². The summed E-state index contributed by atoms with van der Waals surface area (Å²) in [5.41, 5.74) is 5.08. The van der Waals surface area contributed by atoms with Crippen LogP contribution in [0.3, 0.4) is 0 Å². The van der Waals surface area contributed by atoms with Gasteiger partial charge in [-0.1, -0.05) is 36.4 Å². The predicted octanol–water partition coefficient (Wildman–Crippen LogP) is 6.51. The Balaban J connectivity index is 1.29. The van der Waals surface area contributed by atoms with Gasteiger partial charge in [-0.15, -0.1) is 0 Å². The van der Waals surface area contributed by atoms with E-state index in [-0.39, 0.29) is 29.5 Å². The van der Waals surface area contributed by atoms with E-state index in [4.69, 9.17) is 4.74 Å². The number of methoxy groups -OCH3 is 1. The van der Waals surface area contributed by atoms with Gasteiger partial charge in [0.25, 0.3) is 11.8 Å². The van der Waals surface area contributed by atoms with Crippen LogP contribution in [0.25, 0.3) is 17.2 Å². The molecule has 4 saturated carbocycles. The number of rotatable bonds is 6. The highest BCUT2D eigenvalue weighted by Gasteiger charge is 2.52. The van der Waals surface area contributed by atoms with Crippen LogP contribution in [-0.2, 0) is 21.5 Å². The Hall–Kier alpha value is -4.19. The average Bonchev–Trinajstić information content (AvgIpc) is 3.21. The van der Waals surface area contributed by atoms with E-state index in [2.05, 4.69) is 6.07 Å². The molecule has 0 aromatic heterocycles. The molecule has 1 N–H and O–H groups in total. The Morgan fingerprint density at radius 3 is 2.05 bits per heavy atom. The Morgan fingerprint density at radius 1 is 0.902 bits per heavy atom. The number of aromatic hydroxyl groups is 1. The summed E-state index contributed by atoms with van der Waals surface area (Å²) < 4.78 is 4.69. The van der Waals surface area contributed by atoms with Gasteiger partial charge in [0.05, 0.1) is 24.8 Å². The van der Waals surface area contributed by atoms with Gasteiger partial charge in [0.1, 0.15) is 5.75 Å². The molecule has 4 aliphatic carbocycles. The molecule has 1 aliphatic heterocycles. The minimum atomic E-state index is -0.411. The molecule has 4 fully saturated rings. The van der Waals surface area contributed by atoms with E-state index in [1.807, 2.05) is 30.3 Å². The van der Waals surface area contributed by atoms with Crippen molar-refractivity contribution < 1.29 is 24.2 Å². The van der Waals surface area contributed by atoms with E-state index in [0.29, 0.717) is 34.4 Å². The zero-order valence-corrected chi connectivity index (χ0v) is 23.1. The summed E-state index contributed by atoms with van der Waals surface area (Å²) in [7, 11) is 1.35. The second-order valence-corrected chi connectivity index (χ2v) is 12.4. The van der Waals surface area contributed by atoms with Gasteiger partial charge in [-0.2, -0.15) is 0 Å². The molecule has 3 aromatic rings. The maximum Gasteiger partial charge on any atom is 0.330 e. The van der Waals surface area contributed by atoms with Crippen molar-refractivity contribution in [3.8, 4) is 16.9 Å². The number of hydrogen-bond donors (Lipinski definition) is 1. The topological polar surface area (TPSA) is 83.9 Å². The molecule has 2 amide bonds. The van der Waals surface area contributed by atoms with Crippen LogP contribution in [0.2, 0.25) is 0 Å². The van der Waals surface area contributed by atoms with E-state index in [0.717, 1.165) is 41.5 Å². The molecule has 0 radical (unpaired) electrons. The van der Waals surface area contributed by atoms with Crippen molar-refractivity contribution in [2.45, 2.75) is 50.5 Å². The number of esters is 1. The number of hydrogen-bond acceptors (Lipinski definition) is 5. The largest absolute Gasteiger partial charge is 0.507 e. The third-order valence-corrected chi connectivity index (χ3v) is 9.86. The van der Waals surface area contributed by atoms with E-state index >= 15 is 0 Å². The van der Waals surface area contributed by atoms with E-state index < -0.39 is 5.97 Å². The molecular weight excluding hydrogens is 514 g/mol. The summed E-state index contributed by atoms with van der Waals surface area (Å²) in [6, 6.07) is 18.8. The van der Waals surface area contributed by atoms with Gasteiger partial charge in [0, 0.05) is 17.2 Å². The summed E-state index contributed by atoms with van der Waals surface area (Å²) in [5.74, 6) is 1.26. The molecular formula is C35H33NO5. The summed E-state index contributed by atoms with van der Waals surface area (Å²) in [5, 5.41) is 11.9. The van der Waals surface area contributed by atoms with Crippen molar-refractivity contribution in [2.24, 2.45) is 17.8 Å². The molecule has 8 rings (SSSR count). The fraction of sp³-hybridized carbons (Fsp3) is 0.343. The van der Waals surface area contributed by atoms with Crippen LogP contribution in [0.5, 0.6) is 5.75 Å². The van der Waals surface area contributed by atoms with Gasteiger partial charge in [0.15, 0.2) is 0 Å². The quantitative estimate of drug-likeness (QED) is 0.216. The summed E-state index contributed by atoms with van der Waals surface area (Å²) in [6.07, 6.45) is 10.2. The van der Waals surface area contributed by atoms with Gasteiger partial charge in [-0.3, -0.25) is 14.5 Å². The van der Waals surface area contributed by atoms with Gasteiger partial charge < -0.3 is 9.84 Å². The Labute approximate surface area is 239 Å². The lowest BCUT2D eigenvalue weighted by atomic mass is 9.48. The van der Waals surface area contributed by atoms with Gasteiger partial charge in [-0.25, -0.2) is 4.79 Å². The standard InChI is InChI=1S/C35H33NO5/c1-41-31(37)11-8-21-6-9-25(10-7-21)26-15-27(20-36-33(39)28-4-2-3-5-29(28)34(36)40)32(38)30(16-26)35-17-22-12-23(18-35)14-24(13-22)19-35/h2-11,15-16,22-24,38H,12-14,17-20H2,1H3. The second-order valence-electron chi connectivity index (χ2n) is 12.4. The van der Waals surface area contributed by atoms with Crippen molar-refractivity contribution in [1.82, 2.24) is 4.90 Å². The SMILES string of the molecule is COC(=O)C=Cc1ccc(-c2cc(CN3C(=O)c4ccccc4C3=O)c(O)c(C34CC5CC(CC(C5)C3)C4)c2)cc1. The summed E-state index contributed by atoms with van der Waals surface area (Å²) in [6.45, 7) is 0.0192. The molecule has 41 heavy (non-hydrogen) atoms. The Kier molecular flexibility index (Phi) is 6.11. The van der Waals surface area contributed by atoms with Crippen LogP contribution in [0.1, 0.15) is 75.9 Å². The minimum absolute atomic E-state index is 0.0192. The molecule has 5 aliphatic rings. The lowest BCUT2D eigenvalue weighted by Crippen LogP contribution is -2.48. The Morgan fingerprint density at radius 2 is 1.49 bits per heavy atom. The number of phenols is 1. The summed E-state index contributed by atoms with van der Waals surface area (Å²) in [4.78, 5) is 39.3. The van der Waals surface area contributed by atoms with Crippen molar-refractivity contribution in [3.05, 3.63) is 94.6 Å². The van der Waals surface area contributed by atoms with E-state index in [1.54, 1.807) is 30.3 Å². The summed E-state index contributed by atoms with van der Waals surface area (Å²) >= 11 is 0. The predicted molar refractivity (Wildman–Crippen MR) is 155 cm³/mol. The third kappa shape index (κ3) is 4.37. The minimum Gasteiger partial charge on any atom is -0.507 e. The molecule has 1 heterocycles. The normalized spacial score (nSPS) is 26.2. The lowest BCUT2D eigenvalue weighted by Gasteiger charge is -2.57. The number of phenolic OH excluding ortho intramolecular Hbond substituents is 1. The second kappa shape index (κ2) is 9.72. The number of ether oxygens (including phenoxy) is 1. The number of imide groups is 1. The van der Waals surface area contributed by atoms with Gasteiger partial charge in [0.2, 0.25) is 0 Å². The first-order valence-electron chi connectivity index (χ1n) is 14.5. The first kappa shape index (κ1) is 25.8. The van der Waals surface area contributed by atoms with E-state index in [1.165, 1.54) is 37.3 Å². The molecule has 208 valence electrons. The maximum absolute atomic E-state index is 13.2. The molecule has 3 aromatic carbocycles. The number of nitrogens with zero attached hydrogens (tertiary/aromatic N) is 1. The van der Waals surface area contributed by atoms with Crippen LogP contribution in [0.15, 0.2) is 66.7 Å². The van der Waals surface area contributed by atoms with E-state index in [9.17, 15) is 19.5 Å². The Bertz CT molecular complexity index is 1530. The van der Waals surface area contributed by atoms with Gasteiger partial charge >= 0.3 is 5.97 Å². The maximum atomic E-state index is 13.2. The van der Waals surface area contributed by atoms with Crippen LogP contribution < -0.4 is 0 Å². The highest BCUT2D eigenvalue weighted by Crippen LogP contribution is 2.62. The zero-order chi connectivity index (χ0) is 28.3. The highest BCUT2D eigenvalue weighted by atomic mass is 16.5. The first-order valence-corrected chi connectivity index (χ1v) is 14.5. The molecule has 6 heteroatoms. The first-order chi connectivity index (χ1) is 19.8. The number of fused-ring (bicyclic) bond motifs is 1. The molecule has 0 unspecified atom stereocenters. The lowest BCUT2D eigenvalue weighted by molar-refractivity contribution is -0.134. The molecule has 4 bridgehead atoms. The van der Waals surface area contributed by atoms with Crippen molar-refractivity contribution in [3.63, 3.8) is 0 Å². The zero-order valence-electron chi connectivity index (χ0n) is 23.1. The fourth-order valence-electron chi connectivity index (χ4n) is 8.40. The molecule has 6 nitrogen and oxygen atoms in total. The number of carbonyl (C=O) groups excluding carboxylic acids is 3. The fourth-order valence-corrected chi connectivity index (χ4v) is 8.40. The van der Waals surface area contributed by atoms with Crippen molar-refractivity contribution >= 4 is 23.9 Å². The van der Waals surface area contributed by atoms with Crippen molar-refractivity contribution in [1.29, 1.82) is 0 Å².